The predicted octanol–water partition coefficient (Wildman–Crippen LogP) is 0.724. The highest BCUT2D eigenvalue weighted by molar-refractivity contribution is 7.89. The Morgan fingerprint density at radius 3 is 2.55 bits per heavy atom. The summed E-state index contributed by atoms with van der Waals surface area (Å²) in [5, 5.41) is 2.44. The van der Waals surface area contributed by atoms with E-state index in [4.69, 9.17) is 5.73 Å². The zero-order valence-corrected chi connectivity index (χ0v) is 12.8. The van der Waals surface area contributed by atoms with Crippen LogP contribution in [0.15, 0.2) is 23.1 Å². The maximum atomic E-state index is 12.6. The predicted molar refractivity (Wildman–Crippen MR) is 78.7 cm³/mol. The van der Waals surface area contributed by atoms with Crippen LogP contribution in [0.25, 0.3) is 0 Å². The Morgan fingerprint density at radius 1 is 1.40 bits per heavy atom. The third kappa shape index (κ3) is 3.71. The third-order valence-electron chi connectivity index (χ3n) is 2.89. The van der Waals surface area contributed by atoms with Crippen LogP contribution in [0.3, 0.4) is 0 Å². The lowest BCUT2D eigenvalue weighted by atomic mass is 10.2. The fourth-order valence-electron chi connectivity index (χ4n) is 1.87. The van der Waals surface area contributed by atoms with Crippen molar-refractivity contribution in [3.8, 4) is 0 Å². The molecule has 112 valence electrons. The summed E-state index contributed by atoms with van der Waals surface area (Å²) >= 11 is 0. The van der Waals surface area contributed by atoms with E-state index in [1.807, 2.05) is 6.92 Å². The molecule has 0 spiro atoms. The Hall–Kier alpha value is -1.60. The molecule has 0 aliphatic rings. The van der Waals surface area contributed by atoms with Crippen molar-refractivity contribution in [2.24, 2.45) is 0 Å². The number of sulfonamides is 1. The summed E-state index contributed by atoms with van der Waals surface area (Å²) < 4.78 is 26.4. The summed E-state index contributed by atoms with van der Waals surface area (Å²) in [5.74, 6) is -0.338. The van der Waals surface area contributed by atoms with Crippen LogP contribution in [0.2, 0.25) is 0 Å². The van der Waals surface area contributed by atoms with Gasteiger partial charge in [-0.3, -0.25) is 4.79 Å². The molecule has 6 nitrogen and oxygen atoms in total. The van der Waals surface area contributed by atoms with Crippen LogP contribution in [0.4, 0.5) is 5.69 Å². The second-order valence-corrected chi connectivity index (χ2v) is 6.44. The van der Waals surface area contributed by atoms with Gasteiger partial charge in [-0.05, 0) is 37.1 Å². The van der Waals surface area contributed by atoms with Crippen molar-refractivity contribution < 1.29 is 13.2 Å². The van der Waals surface area contributed by atoms with Crippen molar-refractivity contribution in [3.63, 3.8) is 0 Å². The van der Waals surface area contributed by atoms with E-state index in [1.54, 1.807) is 19.1 Å². The molecule has 1 aromatic rings. The Balaban J connectivity index is 3.18. The summed E-state index contributed by atoms with van der Waals surface area (Å²) in [6.07, 6.45) is 0.629. The number of aryl methyl sites for hydroxylation is 1. The summed E-state index contributed by atoms with van der Waals surface area (Å²) in [7, 11) is -2.22. The Labute approximate surface area is 120 Å². The van der Waals surface area contributed by atoms with Crippen LogP contribution in [0.1, 0.15) is 18.9 Å². The van der Waals surface area contributed by atoms with Gasteiger partial charge in [0.2, 0.25) is 15.9 Å². The average Bonchev–Trinajstić information content (AvgIpc) is 2.37. The van der Waals surface area contributed by atoms with Gasteiger partial charge in [-0.15, -0.1) is 0 Å². The van der Waals surface area contributed by atoms with Gasteiger partial charge in [-0.1, -0.05) is 6.92 Å². The summed E-state index contributed by atoms with van der Waals surface area (Å²) in [6.45, 7) is 3.66. The number of benzene rings is 1. The van der Waals surface area contributed by atoms with E-state index < -0.39 is 10.0 Å². The number of nitrogen functional groups attached to an aromatic ring is 1. The van der Waals surface area contributed by atoms with Gasteiger partial charge < -0.3 is 11.1 Å². The lowest BCUT2D eigenvalue weighted by Crippen LogP contribution is -2.40. The maximum absolute atomic E-state index is 12.6. The highest BCUT2D eigenvalue weighted by Crippen LogP contribution is 2.22. The number of likely N-dealkylation sites (N-methyl/N-ethyl adjacent to an activating group) is 1. The molecule has 0 heterocycles. The van der Waals surface area contributed by atoms with E-state index in [9.17, 15) is 13.2 Å². The first-order valence-corrected chi connectivity index (χ1v) is 7.83. The largest absolute Gasteiger partial charge is 0.399 e. The van der Waals surface area contributed by atoms with Crippen molar-refractivity contribution in [2.75, 3.05) is 25.9 Å². The van der Waals surface area contributed by atoms with Crippen LogP contribution < -0.4 is 11.1 Å². The van der Waals surface area contributed by atoms with Gasteiger partial charge in [0.05, 0.1) is 11.4 Å². The molecule has 1 amide bonds. The van der Waals surface area contributed by atoms with E-state index in [1.165, 1.54) is 17.4 Å². The van der Waals surface area contributed by atoms with Crippen LogP contribution in [-0.4, -0.2) is 38.8 Å². The Bertz CT molecular complexity index is 585. The molecule has 0 aliphatic heterocycles. The molecule has 0 saturated heterocycles. The maximum Gasteiger partial charge on any atom is 0.243 e. The molecule has 0 aliphatic carbocycles. The standard InChI is InChI=1S/C13H21N3O3S/c1-4-7-16(9-13(17)15-3)20(18,19)12-6-5-11(14)8-10(12)2/h5-6,8H,4,7,9,14H2,1-3H3,(H,15,17). The fraction of sp³-hybridized carbons (Fsp3) is 0.462. The number of nitrogens with two attached hydrogens (primary N) is 1. The van der Waals surface area contributed by atoms with Crippen molar-refractivity contribution in [1.29, 1.82) is 0 Å². The number of rotatable bonds is 6. The van der Waals surface area contributed by atoms with Crippen molar-refractivity contribution in [1.82, 2.24) is 9.62 Å². The summed E-state index contributed by atoms with van der Waals surface area (Å²) in [5.41, 5.74) is 6.72. The molecule has 3 N–H and O–H groups in total. The van der Waals surface area contributed by atoms with Gasteiger partial charge >= 0.3 is 0 Å². The topological polar surface area (TPSA) is 92.5 Å². The number of hydrogen-bond donors (Lipinski definition) is 2. The molecular weight excluding hydrogens is 278 g/mol. The highest BCUT2D eigenvalue weighted by atomic mass is 32.2. The molecule has 1 aromatic carbocycles. The van der Waals surface area contributed by atoms with E-state index in [2.05, 4.69) is 5.32 Å². The van der Waals surface area contributed by atoms with Crippen LogP contribution >= 0.6 is 0 Å². The minimum atomic E-state index is -3.70. The number of nitrogens with one attached hydrogen (secondary N) is 1. The minimum absolute atomic E-state index is 0.184. The van der Waals surface area contributed by atoms with E-state index >= 15 is 0 Å². The van der Waals surface area contributed by atoms with Gasteiger partial charge in [0.25, 0.3) is 0 Å². The first-order chi connectivity index (χ1) is 9.32. The number of amides is 1. The monoisotopic (exact) mass is 299 g/mol. The molecule has 7 heteroatoms. The first-order valence-electron chi connectivity index (χ1n) is 6.39. The molecule has 0 bridgehead atoms. The van der Waals surface area contributed by atoms with Gasteiger partial charge in [0.15, 0.2) is 0 Å². The fourth-order valence-corrected chi connectivity index (χ4v) is 3.57. The normalized spacial score (nSPS) is 11.6. The molecule has 0 radical (unpaired) electrons. The quantitative estimate of drug-likeness (QED) is 0.757. The molecule has 1 rings (SSSR count). The smallest absolute Gasteiger partial charge is 0.243 e. The number of nitrogens with zero attached hydrogens (tertiary/aromatic N) is 1. The van der Waals surface area contributed by atoms with Gasteiger partial charge in [-0.2, -0.15) is 4.31 Å². The highest BCUT2D eigenvalue weighted by Gasteiger charge is 2.27. The van der Waals surface area contributed by atoms with Crippen LogP contribution in [0.5, 0.6) is 0 Å². The van der Waals surface area contributed by atoms with E-state index in [0.717, 1.165) is 0 Å². The van der Waals surface area contributed by atoms with Crippen molar-refractivity contribution in [3.05, 3.63) is 23.8 Å². The number of anilines is 1. The van der Waals surface area contributed by atoms with E-state index in [-0.39, 0.29) is 17.3 Å². The SMILES string of the molecule is CCCN(CC(=O)NC)S(=O)(=O)c1ccc(N)cc1C. The number of carbonyl (C=O) groups excluding carboxylic acids is 1. The zero-order chi connectivity index (χ0) is 15.3. The Morgan fingerprint density at radius 2 is 2.05 bits per heavy atom. The summed E-state index contributed by atoms with van der Waals surface area (Å²) in [6, 6.07) is 4.63. The molecule has 0 unspecified atom stereocenters. The number of carbonyl (C=O) groups is 1. The molecule has 0 saturated carbocycles. The lowest BCUT2D eigenvalue weighted by molar-refractivity contribution is -0.120. The molecular formula is C13H21N3O3S. The van der Waals surface area contributed by atoms with Crippen LogP contribution in [-0.2, 0) is 14.8 Å². The van der Waals surface area contributed by atoms with Gasteiger partial charge in [0, 0.05) is 19.3 Å². The van der Waals surface area contributed by atoms with Gasteiger partial charge in [0.1, 0.15) is 0 Å². The number of hydrogen-bond acceptors (Lipinski definition) is 4. The van der Waals surface area contributed by atoms with Crippen molar-refractivity contribution in [2.45, 2.75) is 25.2 Å². The Kier molecular flexibility index (Phi) is 5.52. The summed E-state index contributed by atoms with van der Waals surface area (Å²) in [4.78, 5) is 11.7. The van der Waals surface area contributed by atoms with E-state index in [0.29, 0.717) is 24.2 Å². The second kappa shape index (κ2) is 6.71. The minimum Gasteiger partial charge on any atom is -0.399 e. The molecule has 0 aromatic heterocycles. The van der Waals surface area contributed by atoms with Crippen molar-refractivity contribution >= 4 is 21.6 Å². The lowest BCUT2D eigenvalue weighted by Gasteiger charge is -2.22. The molecule has 0 fully saturated rings. The zero-order valence-electron chi connectivity index (χ0n) is 12.0. The second-order valence-electron chi connectivity index (χ2n) is 4.54. The third-order valence-corrected chi connectivity index (χ3v) is 4.89. The van der Waals surface area contributed by atoms with Gasteiger partial charge in [-0.25, -0.2) is 8.42 Å². The molecule has 0 atom stereocenters. The van der Waals surface area contributed by atoms with Crippen LogP contribution in [0, 0.1) is 6.92 Å². The first kappa shape index (κ1) is 16.5. The average molecular weight is 299 g/mol. The molecule has 20 heavy (non-hydrogen) atoms.